The van der Waals surface area contributed by atoms with Crippen LogP contribution in [0.15, 0.2) is 35.1 Å². The number of rotatable bonds is 3. The summed E-state index contributed by atoms with van der Waals surface area (Å²) >= 11 is 1.38. The van der Waals surface area contributed by atoms with Gasteiger partial charge in [0, 0.05) is 18.0 Å². The van der Waals surface area contributed by atoms with Crippen molar-refractivity contribution in [2.75, 3.05) is 26.3 Å². The van der Waals surface area contributed by atoms with E-state index in [2.05, 4.69) is 14.9 Å². The SMILES string of the molecule is O=c1[nH]c(CN2CCOCC2)nc2cc(-c3ccc(F)cc3)sc12. The lowest BCUT2D eigenvalue weighted by Gasteiger charge is -2.25. The van der Waals surface area contributed by atoms with Crippen LogP contribution in [0.5, 0.6) is 0 Å². The summed E-state index contributed by atoms with van der Waals surface area (Å²) in [5.41, 5.74) is 1.45. The highest BCUT2D eigenvalue weighted by Crippen LogP contribution is 2.30. The molecule has 0 spiro atoms. The zero-order chi connectivity index (χ0) is 16.5. The number of morpholine rings is 1. The van der Waals surface area contributed by atoms with Gasteiger partial charge in [-0.3, -0.25) is 9.69 Å². The van der Waals surface area contributed by atoms with E-state index in [1.165, 1.54) is 23.5 Å². The Kier molecular flexibility index (Phi) is 4.13. The summed E-state index contributed by atoms with van der Waals surface area (Å²) in [5, 5.41) is 0. The molecule has 7 heteroatoms. The number of H-pyrrole nitrogens is 1. The Morgan fingerprint density at radius 3 is 2.75 bits per heavy atom. The minimum absolute atomic E-state index is 0.123. The molecule has 0 bridgehead atoms. The minimum Gasteiger partial charge on any atom is -0.379 e. The molecular formula is C17H16FN3O2S. The van der Waals surface area contributed by atoms with E-state index in [1.807, 2.05) is 6.07 Å². The average molecular weight is 345 g/mol. The van der Waals surface area contributed by atoms with Crippen LogP contribution in [0.2, 0.25) is 0 Å². The first kappa shape index (κ1) is 15.4. The second-order valence-electron chi connectivity index (χ2n) is 5.73. The molecule has 3 aromatic rings. The fourth-order valence-electron chi connectivity index (χ4n) is 2.79. The molecule has 0 atom stereocenters. The maximum Gasteiger partial charge on any atom is 0.268 e. The first-order chi connectivity index (χ1) is 11.7. The average Bonchev–Trinajstić information content (AvgIpc) is 3.01. The van der Waals surface area contributed by atoms with Crippen LogP contribution < -0.4 is 5.56 Å². The number of aromatic nitrogens is 2. The second-order valence-corrected chi connectivity index (χ2v) is 6.79. The molecule has 0 aliphatic carbocycles. The lowest BCUT2D eigenvalue weighted by molar-refractivity contribution is 0.0331. The van der Waals surface area contributed by atoms with E-state index in [0.29, 0.717) is 35.8 Å². The number of thiophene rings is 1. The van der Waals surface area contributed by atoms with E-state index in [1.54, 1.807) is 12.1 Å². The first-order valence-corrected chi connectivity index (χ1v) is 8.59. The molecule has 0 saturated carbocycles. The molecule has 3 heterocycles. The lowest BCUT2D eigenvalue weighted by atomic mass is 10.2. The van der Waals surface area contributed by atoms with Gasteiger partial charge in [0.15, 0.2) is 0 Å². The van der Waals surface area contributed by atoms with Gasteiger partial charge in [0.05, 0.1) is 25.3 Å². The highest BCUT2D eigenvalue weighted by atomic mass is 32.1. The molecule has 1 aliphatic rings. The van der Waals surface area contributed by atoms with E-state index in [-0.39, 0.29) is 11.4 Å². The van der Waals surface area contributed by atoms with E-state index in [4.69, 9.17) is 4.74 Å². The Balaban J connectivity index is 1.67. The van der Waals surface area contributed by atoms with E-state index in [0.717, 1.165) is 23.5 Å². The topological polar surface area (TPSA) is 58.2 Å². The summed E-state index contributed by atoms with van der Waals surface area (Å²) in [6, 6.07) is 8.15. The number of benzene rings is 1. The van der Waals surface area contributed by atoms with Crippen molar-refractivity contribution < 1.29 is 9.13 Å². The zero-order valence-corrected chi connectivity index (χ0v) is 13.7. The summed E-state index contributed by atoms with van der Waals surface area (Å²) < 4.78 is 19.0. The van der Waals surface area contributed by atoms with Crippen LogP contribution in [0.3, 0.4) is 0 Å². The standard InChI is InChI=1S/C17H16FN3O2S/c18-12-3-1-11(2-4-12)14-9-13-16(24-14)17(22)20-15(19-13)10-21-5-7-23-8-6-21/h1-4,9H,5-8,10H2,(H,19,20,22). The van der Waals surface area contributed by atoms with Crippen molar-refractivity contribution in [3.8, 4) is 10.4 Å². The molecule has 1 fully saturated rings. The zero-order valence-electron chi connectivity index (χ0n) is 12.9. The Hall–Kier alpha value is -2.09. The number of halogens is 1. The molecule has 124 valence electrons. The van der Waals surface area contributed by atoms with Crippen LogP contribution in [0, 0.1) is 5.82 Å². The predicted octanol–water partition coefficient (Wildman–Crippen LogP) is 2.62. The molecule has 4 rings (SSSR count). The van der Waals surface area contributed by atoms with Crippen LogP contribution in [0.25, 0.3) is 20.7 Å². The highest BCUT2D eigenvalue weighted by Gasteiger charge is 2.14. The molecule has 2 aromatic heterocycles. The largest absolute Gasteiger partial charge is 0.379 e. The molecule has 1 N–H and O–H groups in total. The van der Waals surface area contributed by atoms with Gasteiger partial charge in [-0.05, 0) is 23.8 Å². The number of fused-ring (bicyclic) bond motifs is 1. The van der Waals surface area contributed by atoms with E-state index < -0.39 is 0 Å². The molecule has 5 nitrogen and oxygen atoms in total. The van der Waals surface area contributed by atoms with Crippen LogP contribution in [-0.2, 0) is 11.3 Å². The van der Waals surface area contributed by atoms with Gasteiger partial charge in [-0.2, -0.15) is 0 Å². The van der Waals surface area contributed by atoms with Crippen molar-refractivity contribution in [1.82, 2.24) is 14.9 Å². The Morgan fingerprint density at radius 2 is 2.00 bits per heavy atom. The Bertz CT molecular complexity index is 914. The molecule has 0 radical (unpaired) electrons. The molecule has 1 saturated heterocycles. The van der Waals surface area contributed by atoms with Crippen molar-refractivity contribution in [3.05, 3.63) is 52.3 Å². The third-order valence-electron chi connectivity index (χ3n) is 4.04. The maximum absolute atomic E-state index is 13.1. The van der Waals surface area contributed by atoms with Crippen molar-refractivity contribution in [1.29, 1.82) is 0 Å². The van der Waals surface area contributed by atoms with Gasteiger partial charge in [-0.15, -0.1) is 11.3 Å². The van der Waals surface area contributed by atoms with Crippen molar-refractivity contribution in [2.24, 2.45) is 0 Å². The van der Waals surface area contributed by atoms with Gasteiger partial charge in [-0.1, -0.05) is 12.1 Å². The number of nitrogens with one attached hydrogen (secondary N) is 1. The van der Waals surface area contributed by atoms with Gasteiger partial charge >= 0.3 is 0 Å². The van der Waals surface area contributed by atoms with Gasteiger partial charge < -0.3 is 9.72 Å². The normalized spacial score (nSPS) is 15.9. The summed E-state index contributed by atoms with van der Waals surface area (Å²) in [4.78, 5) is 22.9. The monoisotopic (exact) mass is 345 g/mol. The van der Waals surface area contributed by atoms with Crippen LogP contribution in [0.4, 0.5) is 4.39 Å². The third-order valence-corrected chi connectivity index (χ3v) is 5.21. The fourth-order valence-corrected chi connectivity index (χ4v) is 3.79. The minimum atomic E-state index is -0.274. The van der Waals surface area contributed by atoms with Gasteiger partial charge in [0.1, 0.15) is 16.3 Å². The summed E-state index contributed by atoms with van der Waals surface area (Å²) in [5.74, 6) is 0.390. The number of ether oxygens (including phenoxy) is 1. The van der Waals surface area contributed by atoms with Crippen molar-refractivity contribution in [2.45, 2.75) is 6.54 Å². The maximum atomic E-state index is 13.1. The molecule has 1 aliphatic heterocycles. The summed E-state index contributed by atoms with van der Waals surface area (Å²) in [6.45, 7) is 3.70. The molecule has 1 aromatic carbocycles. The highest BCUT2D eigenvalue weighted by molar-refractivity contribution is 7.22. The fraction of sp³-hybridized carbons (Fsp3) is 0.294. The van der Waals surface area contributed by atoms with Crippen LogP contribution in [-0.4, -0.2) is 41.2 Å². The quantitative estimate of drug-likeness (QED) is 0.793. The smallest absolute Gasteiger partial charge is 0.268 e. The predicted molar refractivity (Wildman–Crippen MR) is 91.7 cm³/mol. The van der Waals surface area contributed by atoms with E-state index in [9.17, 15) is 9.18 Å². The lowest BCUT2D eigenvalue weighted by Crippen LogP contribution is -2.36. The molecule has 24 heavy (non-hydrogen) atoms. The van der Waals surface area contributed by atoms with Gasteiger partial charge in [-0.25, -0.2) is 9.37 Å². The Morgan fingerprint density at radius 1 is 1.25 bits per heavy atom. The first-order valence-electron chi connectivity index (χ1n) is 7.78. The van der Waals surface area contributed by atoms with Crippen molar-refractivity contribution in [3.63, 3.8) is 0 Å². The molecular weight excluding hydrogens is 329 g/mol. The molecule has 0 amide bonds. The van der Waals surface area contributed by atoms with Crippen LogP contribution >= 0.6 is 11.3 Å². The number of hydrogen-bond acceptors (Lipinski definition) is 5. The number of nitrogens with zero attached hydrogens (tertiary/aromatic N) is 2. The summed E-state index contributed by atoms with van der Waals surface area (Å²) in [7, 11) is 0. The van der Waals surface area contributed by atoms with Gasteiger partial charge in [0.2, 0.25) is 0 Å². The van der Waals surface area contributed by atoms with Crippen molar-refractivity contribution >= 4 is 21.6 Å². The van der Waals surface area contributed by atoms with Gasteiger partial charge in [0.25, 0.3) is 5.56 Å². The second kappa shape index (κ2) is 6.43. The Labute approximate surface area is 141 Å². The number of aromatic amines is 1. The third kappa shape index (κ3) is 3.10. The molecule has 0 unspecified atom stereocenters. The van der Waals surface area contributed by atoms with E-state index >= 15 is 0 Å². The van der Waals surface area contributed by atoms with Crippen LogP contribution in [0.1, 0.15) is 5.82 Å². The number of hydrogen-bond donors (Lipinski definition) is 1. The summed E-state index contributed by atoms with van der Waals surface area (Å²) in [6.07, 6.45) is 0.